The smallest absolute Gasteiger partial charge is 1.00 e. The van der Waals surface area contributed by atoms with Crippen molar-refractivity contribution >= 4 is 40.3 Å². The monoisotopic (exact) mass is 277 g/mol. The predicted octanol–water partition coefficient (Wildman–Crippen LogP) is -0.954. The molecule has 1 aromatic carbocycles. The molecular formula is C7H4Cl2NaO4S-. The van der Waals surface area contributed by atoms with Gasteiger partial charge in [-0.25, -0.2) is 4.79 Å². The Bertz CT molecular complexity index is 394. The fourth-order valence-electron chi connectivity index (χ4n) is 0.821. The molecule has 1 atom stereocenters. The molecule has 0 aromatic heterocycles. The summed E-state index contributed by atoms with van der Waals surface area (Å²) in [6.07, 6.45) is 0. The molecule has 0 saturated carbocycles. The fourth-order valence-corrected chi connectivity index (χ4v) is 1.91. The maximum absolute atomic E-state index is 10.6. The Balaban J connectivity index is 0. The number of carboxylic acids is 1. The van der Waals surface area contributed by atoms with Crippen LogP contribution in [0.1, 0.15) is 11.8 Å². The summed E-state index contributed by atoms with van der Waals surface area (Å²) in [5.74, 6) is -1.31. The largest absolute Gasteiger partial charge is 1.00 e. The van der Waals surface area contributed by atoms with Gasteiger partial charge in [-0.15, -0.1) is 0 Å². The van der Waals surface area contributed by atoms with Crippen LogP contribution in [0, 0.1) is 0 Å². The van der Waals surface area contributed by atoms with Crippen LogP contribution in [-0.2, 0) is 11.1 Å². The Morgan fingerprint density at radius 3 is 2.33 bits per heavy atom. The summed E-state index contributed by atoms with van der Waals surface area (Å²) in [6, 6.07) is 1.99. The summed E-state index contributed by atoms with van der Waals surface area (Å²) in [5, 5.41) is 8.43. The summed E-state index contributed by atoms with van der Waals surface area (Å²) in [6.45, 7) is 0. The van der Waals surface area contributed by atoms with Crippen molar-refractivity contribution < 1.29 is 49.6 Å². The average molecular weight is 278 g/mol. The molecule has 0 aliphatic rings. The van der Waals surface area contributed by atoms with E-state index in [4.69, 9.17) is 28.3 Å². The summed E-state index contributed by atoms with van der Waals surface area (Å²) in [4.78, 5) is 10.3. The molecule has 0 fully saturated rings. The second-order valence-electron chi connectivity index (χ2n) is 2.30. The molecule has 4 nitrogen and oxygen atoms in total. The molecule has 1 N–H and O–H groups in total. The van der Waals surface area contributed by atoms with Crippen LogP contribution in [-0.4, -0.2) is 19.8 Å². The van der Waals surface area contributed by atoms with Crippen LogP contribution in [0.2, 0.25) is 10.0 Å². The molecule has 0 bridgehead atoms. The van der Waals surface area contributed by atoms with Crippen molar-refractivity contribution in [1.29, 1.82) is 0 Å². The average Bonchev–Trinajstić information content (AvgIpc) is 2.02. The number of aromatic carboxylic acids is 1. The van der Waals surface area contributed by atoms with Crippen LogP contribution in [0.3, 0.4) is 0 Å². The molecule has 1 aromatic rings. The molecule has 0 aliphatic heterocycles. The van der Waals surface area contributed by atoms with Crippen LogP contribution >= 0.6 is 23.2 Å². The first kappa shape index (κ1) is 15.4. The second kappa shape index (κ2) is 6.20. The van der Waals surface area contributed by atoms with E-state index in [1.54, 1.807) is 0 Å². The zero-order valence-electron chi connectivity index (χ0n) is 8.49. The van der Waals surface area contributed by atoms with Gasteiger partial charge in [-0.2, -0.15) is 0 Å². The Labute approximate surface area is 122 Å². The quantitative estimate of drug-likeness (QED) is 0.558. The van der Waals surface area contributed by atoms with Gasteiger partial charge >= 0.3 is 35.5 Å². The van der Waals surface area contributed by atoms with E-state index < -0.39 is 17.0 Å². The van der Waals surface area contributed by atoms with Gasteiger partial charge in [0.05, 0.1) is 15.6 Å². The first-order valence-electron chi connectivity index (χ1n) is 3.25. The van der Waals surface area contributed by atoms with Gasteiger partial charge in [-0.1, -0.05) is 23.2 Å². The van der Waals surface area contributed by atoms with Crippen LogP contribution in [0.4, 0.5) is 0 Å². The van der Waals surface area contributed by atoms with Crippen LogP contribution in [0.15, 0.2) is 17.0 Å². The minimum absolute atomic E-state index is 0. The number of carbonyl (C=O) groups is 1. The second-order valence-corrected chi connectivity index (χ2v) is 4.03. The molecule has 15 heavy (non-hydrogen) atoms. The van der Waals surface area contributed by atoms with Crippen molar-refractivity contribution in [2.45, 2.75) is 4.90 Å². The van der Waals surface area contributed by atoms with Gasteiger partial charge < -0.3 is 11.1 Å². The zero-order valence-corrected chi connectivity index (χ0v) is 11.8. The molecule has 0 radical (unpaired) electrons. The number of benzene rings is 1. The van der Waals surface area contributed by atoms with E-state index in [0.717, 1.165) is 12.1 Å². The standard InChI is InChI=1S/C7H4Cl2O4S.Na.H/c8-4-2-5(9)6(14(12)13)1-3(4)7(10)11;;/h1-2H,(H,10,11)(H,12,13);;/q;+1;-1/p-1. The Morgan fingerprint density at radius 1 is 1.40 bits per heavy atom. The molecule has 1 unspecified atom stereocenters. The molecule has 0 spiro atoms. The molecule has 78 valence electrons. The van der Waals surface area contributed by atoms with E-state index in [-0.39, 0.29) is 51.5 Å². The maximum atomic E-state index is 10.6. The van der Waals surface area contributed by atoms with Gasteiger partial charge in [0, 0.05) is 4.90 Å². The third-order valence-electron chi connectivity index (χ3n) is 1.43. The van der Waals surface area contributed by atoms with Gasteiger partial charge in [0.1, 0.15) is 0 Å². The molecule has 0 heterocycles. The van der Waals surface area contributed by atoms with E-state index in [1.165, 1.54) is 0 Å². The number of hydrogen-bond donors (Lipinski definition) is 1. The van der Waals surface area contributed by atoms with Gasteiger partial charge in [0.25, 0.3) is 0 Å². The topological polar surface area (TPSA) is 77.4 Å². The van der Waals surface area contributed by atoms with Crippen molar-refractivity contribution in [1.82, 2.24) is 0 Å². The van der Waals surface area contributed by atoms with Crippen molar-refractivity contribution in [3.63, 3.8) is 0 Å². The maximum Gasteiger partial charge on any atom is 1.00 e. The Hall–Kier alpha value is 0.380. The van der Waals surface area contributed by atoms with Gasteiger partial charge in [0.2, 0.25) is 0 Å². The van der Waals surface area contributed by atoms with E-state index >= 15 is 0 Å². The summed E-state index contributed by atoms with van der Waals surface area (Å²) in [7, 11) is 0. The minimum Gasteiger partial charge on any atom is -1.00 e. The van der Waals surface area contributed by atoms with Crippen molar-refractivity contribution in [2.75, 3.05) is 0 Å². The van der Waals surface area contributed by atoms with Gasteiger partial charge in [-0.05, 0) is 23.2 Å². The third kappa shape index (κ3) is 3.71. The van der Waals surface area contributed by atoms with Crippen LogP contribution in [0.25, 0.3) is 0 Å². The molecule has 0 amide bonds. The molecule has 0 aliphatic carbocycles. The van der Waals surface area contributed by atoms with Crippen molar-refractivity contribution in [3.05, 3.63) is 27.7 Å². The number of halogens is 2. The van der Waals surface area contributed by atoms with E-state index in [9.17, 15) is 13.6 Å². The van der Waals surface area contributed by atoms with Crippen LogP contribution < -0.4 is 29.6 Å². The number of rotatable bonds is 2. The Morgan fingerprint density at radius 2 is 1.93 bits per heavy atom. The predicted molar refractivity (Wildman–Crippen MR) is 51.7 cm³/mol. The fraction of sp³-hybridized carbons (Fsp3) is 0. The van der Waals surface area contributed by atoms with Crippen molar-refractivity contribution in [3.8, 4) is 0 Å². The number of carboxylic acid groups (broad SMARTS) is 1. The zero-order chi connectivity index (χ0) is 10.9. The first-order chi connectivity index (χ1) is 6.43. The Kier molecular flexibility index (Phi) is 6.36. The SMILES string of the molecule is O=C(O)c1cc(S(=O)[O-])c(Cl)cc1Cl.[H-].[Na+]. The van der Waals surface area contributed by atoms with E-state index in [0.29, 0.717) is 0 Å². The normalized spacial score (nSPS) is 11.7. The molecule has 8 heteroatoms. The summed E-state index contributed by atoms with van der Waals surface area (Å²) >= 11 is 8.49. The first-order valence-corrected chi connectivity index (χ1v) is 5.08. The van der Waals surface area contributed by atoms with Gasteiger partial charge in [-0.3, -0.25) is 4.21 Å². The molecular weight excluding hydrogens is 274 g/mol. The summed E-state index contributed by atoms with van der Waals surface area (Å²) in [5.41, 5.74) is -0.296. The molecule has 1 rings (SSSR count). The van der Waals surface area contributed by atoms with E-state index in [1.807, 2.05) is 0 Å². The number of hydrogen-bond acceptors (Lipinski definition) is 3. The van der Waals surface area contributed by atoms with Crippen LogP contribution in [0.5, 0.6) is 0 Å². The van der Waals surface area contributed by atoms with E-state index in [2.05, 4.69) is 0 Å². The molecule has 0 saturated heterocycles. The third-order valence-corrected chi connectivity index (χ3v) is 2.87. The van der Waals surface area contributed by atoms with Gasteiger partial charge in [0.15, 0.2) is 0 Å². The summed E-state index contributed by atoms with van der Waals surface area (Å²) < 4.78 is 21.2. The van der Waals surface area contributed by atoms with Crippen molar-refractivity contribution in [2.24, 2.45) is 0 Å². The minimum atomic E-state index is -2.58.